The topological polar surface area (TPSA) is 71.3 Å². The van der Waals surface area contributed by atoms with Gasteiger partial charge in [0.25, 0.3) is 5.91 Å². The molecule has 0 spiro atoms. The Hall–Kier alpha value is -2.56. The lowest BCUT2D eigenvalue weighted by Gasteiger charge is -2.07. The Morgan fingerprint density at radius 2 is 1.70 bits per heavy atom. The van der Waals surface area contributed by atoms with Crippen LogP contribution in [-0.2, 0) is 6.42 Å². The van der Waals surface area contributed by atoms with Gasteiger partial charge in [0.15, 0.2) is 5.76 Å². The molecule has 0 radical (unpaired) electrons. The van der Waals surface area contributed by atoms with E-state index in [1.165, 1.54) is 43.6 Å². The van der Waals surface area contributed by atoms with Crippen molar-refractivity contribution in [3.8, 4) is 0 Å². The maximum absolute atomic E-state index is 12.0. The van der Waals surface area contributed by atoms with Gasteiger partial charge in [-0.1, -0.05) is 38.3 Å². The van der Waals surface area contributed by atoms with Crippen molar-refractivity contribution in [2.45, 2.75) is 39.0 Å². The first-order chi connectivity index (χ1) is 11.2. The van der Waals surface area contributed by atoms with E-state index in [-0.39, 0.29) is 11.7 Å². The zero-order chi connectivity index (χ0) is 16.5. The van der Waals surface area contributed by atoms with Crippen LogP contribution in [0.3, 0.4) is 0 Å². The summed E-state index contributed by atoms with van der Waals surface area (Å²) in [5, 5.41) is 0. The molecule has 2 amide bonds. The SMILES string of the molecule is CCCCCCc1ccc(C(=O)NNC(=O)c2ccco2)cc1. The van der Waals surface area contributed by atoms with Gasteiger partial charge in [-0.2, -0.15) is 0 Å². The molecule has 0 aliphatic rings. The van der Waals surface area contributed by atoms with Crippen LogP contribution in [-0.4, -0.2) is 11.8 Å². The van der Waals surface area contributed by atoms with Crippen molar-refractivity contribution in [2.75, 3.05) is 0 Å². The Morgan fingerprint density at radius 1 is 0.957 bits per heavy atom. The van der Waals surface area contributed by atoms with Gasteiger partial charge in [-0.05, 0) is 42.7 Å². The summed E-state index contributed by atoms with van der Waals surface area (Å²) in [6, 6.07) is 10.6. The van der Waals surface area contributed by atoms with E-state index in [1.807, 2.05) is 12.1 Å². The van der Waals surface area contributed by atoms with Gasteiger partial charge in [0, 0.05) is 5.56 Å². The number of hydrogen-bond acceptors (Lipinski definition) is 3. The van der Waals surface area contributed by atoms with Crippen molar-refractivity contribution < 1.29 is 14.0 Å². The van der Waals surface area contributed by atoms with E-state index in [0.717, 1.165) is 6.42 Å². The lowest BCUT2D eigenvalue weighted by atomic mass is 10.0. The van der Waals surface area contributed by atoms with Gasteiger partial charge in [-0.25, -0.2) is 0 Å². The molecule has 0 unspecified atom stereocenters. The Morgan fingerprint density at radius 3 is 2.35 bits per heavy atom. The van der Waals surface area contributed by atoms with Gasteiger partial charge < -0.3 is 4.42 Å². The van der Waals surface area contributed by atoms with Crippen LogP contribution in [0.1, 0.15) is 59.1 Å². The van der Waals surface area contributed by atoms with Crippen molar-refractivity contribution in [1.82, 2.24) is 10.9 Å². The standard InChI is InChI=1S/C18H22N2O3/c1-2-3-4-5-7-14-9-11-15(12-10-14)17(21)19-20-18(22)16-8-6-13-23-16/h6,8-13H,2-5,7H2,1H3,(H,19,21)(H,20,22). The van der Waals surface area contributed by atoms with Crippen LogP contribution in [0.25, 0.3) is 0 Å². The summed E-state index contributed by atoms with van der Waals surface area (Å²) in [5.74, 6) is -0.703. The number of nitrogens with one attached hydrogen (secondary N) is 2. The zero-order valence-electron chi connectivity index (χ0n) is 13.3. The molecule has 0 aliphatic heterocycles. The highest BCUT2D eigenvalue weighted by Gasteiger charge is 2.10. The molecule has 0 saturated heterocycles. The molecule has 5 heteroatoms. The summed E-state index contributed by atoms with van der Waals surface area (Å²) in [6.07, 6.45) is 7.31. The van der Waals surface area contributed by atoms with Gasteiger partial charge in [-0.15, -0.1) is 0 Å². The highest BCUT2D eigenvalue weighted by atomic mass is 16.3. The quantitative estimate of drug-likeness (QED) is 0.607. The van der Waals surface area contributed by atoms with Crippen LogP contribution in [0.4, 0.5) is 0 Å². The van der Waals surface area contributed by atoms with Gasteiger partial charge in [0.1, 0.15) is 0 Å². The van der Waals surface area contributed by atoms with Crippen molar-refractivity contribution >= 4 is 11.8 Å². The minimum absolute atomic E-state index is 0.146. The maximum atomic E-state index is 12.0. The number of carbonyl (C=O) groups is 2. The van der Waals surface area contributed by atoms with E-state index in [4.69, 9.17) is 4.42 Å². The molecule has 1 aromatic carbocycles. The lowest BCUT2D eigenvalue weighted by molar-refractivity contribution is 0.0831. The number of amides is 2. The highest BCUT2D eigenvalue weighted by molar-refractivity contribution is 5.97. The second-order valence-electron chi connectivity index (χ2n) is 5.39. The number of benzene rings is 1. The molecule has 5 nitrogen and oxygen atoms in total. The fourth-order valence-corrected chi connectivity index (χ4v) is 2.23. The molecule has 2 aromatic rings. The summed E-state index contributed by atoms with van der Waals surface area (Å²) in [7, 11) is 0. The Labute approximate surface area is 136 Å². The molecule has 0 fully saturated rings. The molecule has 2 N–H and O–H groups in total. The van der Waals surface area contributed by atoms with Crippen molar-refractivity contribution in [2.24, 2.45) is 0 Å². The summed E-state index contributed by atoms with van der Waals surface area (Å²) >= 11 is 0. The third kappa shape index (κ3) is 5.29. The van der Waals surface area contributed by atoms with Gasteiger partial charge in [0.05, 0.1) is 6.26 Å². The van der Waals surface area contributed by atoms with E-state index < -0.39 is 5.91 Å². The Kier molecular flexibility index (Phi) is 6.41. The second kappa shape index (κ2) is 8.78. The smallest absolute Gasteiger partial charge is 0.305 e. The molecule has 23 heavy (non-hydrogen) atoms. The summed E-state index contributed by atoms with van der Waals surface area (Å²) in [6.45, 7) is 2.19. The van der Waals surface area contributed by atoms with E-state index >= 15 is 0 Å². The highest BCUT2D eigenvalue weighted by Crippen LogP contribution is 2.09. The van der Waals surface area contributed by atoms with Gasteiger partial charge in [-0.3, -0.25) is 20.4 Å². The van der Waals surface area contributed by atoms with E-state index in [1.54, 1.807) is 18.2 Å². The largest absolute Gasteiger partial charge is 0.459 e. The molecule has 0 bridgehead atoms. The predicted octanol–water partition coefficient (Wildman–Crippen LogP) is 3.48. The molecule has 1 heterocycles. The first kappa shape index (κ1) is 16.8. The molecule has 1 aromatic heterocycles. The first-order valence-corrected chi connectivity index (χ1v) is 7.94. The number of hydrazine groups is 1. The van der Waals surface area contributed by atoms with Crippen LogP contribution in [0.15, 0.2) is 47.1 Å². The molecule has 0 saturated carbocycles. The van der Waals surface area contributed by atoms with E-state index in [2.05, 4.69) is 17.8 Å². The van der Waals surface area contributed by atoms with E-state index in [9.17, 15) is 9.59 Å². The van der Waals surface area contributed by atoms with Crippen molar-refractivity contribution in [3.63, 3.8) is 0 Å². The predicted molar refractivity (Wildman–Crippen MR) is 87.9 cm³/mol. The third-order valence-electron chi connectivity index (χ3n) is 3.57. The summed E-state index contributed by atoms with van der Waals surface area (Å²) < 4.78 is 4.94. The number of hydrogen-bond donors (Lipinski definition) is 2. The van der Waals surface area contributed by atoms with Crippen molar-refractivity contribution in [3.05, 3.63) is 59.5 Å². The lowest BCUT2D eigenvalue weighted by Crippen LogP contribution is -2.41. The Balaban J connectivity index is 1.79. The van der Waals surface area contributed by atoms with Gasteiger partial charge in [0.2, 0.25) is 0 Å². The summed E-state index contributed by atoms with van der Waals surface area (Å²) in [4.78, 5) is 23.6. The molecule has 0 aliphatic carbocycles. The van der Waals surface area contributed by atoms with Crippen LogP contribution < -0.4 is 10.9 Å². The van der Waals surface area contributed by atoms with Crippen LogP contribution >= 0.6 is 0 Å². The number of rotatable bonds is 7. The third-order valence-corrected chi connectivity index (χ3v) is 3.57. The number of furan rings is 1. The molecule has 122 valence electrons. The number of aryl methyl sites for hydroxylation is 1. The van der Waals surface area contributed by atoms with E-state index in [0.29, 0.717) is 5.56 Å². The molecular formula is C18H22N2O3. The van der Waals surface area contributed by atoms with Crippen LogP contribution in [0.5, 0.6) is 0 Å². The normalized spacial score (nSPS) is 10.3. The zero-order valence-corrected chi connectivity index (χ0v) is 13.3. The summed E-state index contributed by atoms with van der Waals surface area (Å²) in [5.41, 5.74) is 6.40. The van der Waals surface area contributed by atoms with Crippen LogP contribution in [0, 0.1) is 0 Å². The first-order valence-electron chi connectivity index (χ1n) is 7.94. The maximum Gasteiger partial charge on any atom is 0.305 e. The number of carbonyl (C=O) groups excluding carboxylic acids is 2. The van der Waals surface area contributed by atoms with Crippen LogP contribution in [0.2, 0.25) is 0 Å². The number of unbranched alkanes of at least 4 members (excludes halogenated alkanes) is 3. The van der Waals surface area contributed by atoms with Crippen molar-refractivity contribution in [1.29, 1.82) is 0 Å². The fourth-order valence-electron chi connectivity index (χ4n) is 2.23. The monoisotopic (exact) mass is 314 g/mol. The van der Waals surface area contributed by atoms with Gasteiger partial charge >= 0.3 is 5.91 Å². The average molecular weight is 314 g/mol. The molecular weight excluding hydrogens is 292 g/mol. The molecule has 2 rings (SSSR count). The average Bonchev–Trinajstić information content (AvgIpc) is 3.11. The Bertz CT molecular complexity index is 618. The minimum atomic E-state index is -0.490. The fraction of sp³-hybridized carbons (Fsp3) is 0.333. The minimum Gasteiger partial charge on any atom is -0.459 e. The molecule has 0 atom stereocenters. The second-order valence-corrected chi connectivity index (χ2v) is 5.39.